The Morgan fingerprint density at radius 2 is 2.38 bits per heavy atom. The van der Waals surface area contributed by atoms with Crippen molar-refractivity contribution in [1.29, 1.82) is 0 Å². The third-order valence-electron chi connectivity index (χ3n) is 0.878. The minimum absolute atomic E-state index is 1.13. The molecule has 0 saturated carbocycles. The summed E-state index contributed by atoms with van der Waals surface area (Å²) in [6.07, 6.45) is 1.81. The van der Waals surface area contributed by atoms with Gasteiger partial charge in [-0.15, -0.1) is 0 Å². The van der Waals surface area contributed by atoms with Crippen molar-refractivity contribution in [2.24, 2.45) is 0 Å². The van der Waals surface area contributed by atoms with E-state index in [1.54, 1.807) is 0 Å². The molecule has 0 aromatic carbocycles. The second-order valence-corrected chi connectivity index (χ2v) is 2.32. The maximum atomic E-state index is 4.08. The van der Waals surface area contributed by atoms with Crippen LogP contribution in [0, 0.1) is 0 Å². The Labute approximate surface area is 50.9 Å². The summed E-state index contributed by atoms with van der Waals surface area (Å²) in [7, 11) is 1.24. The van der Waals surface area contributed by atoms with Crippen LogP contribution in [0.3, 0.4) is 0 Å². The van der Waals surface area contributed by atoms with Gasteiger partial charge in [0.1, 0.15) is 0 Å². The first-order chi connectivity index (χ1) is 3.93. The van der Waals surface area contributed by atoms with Gasteiger partial charge in [0.15, 0.2) is 0 Å². The highest BCUT2D eigenvalue weighted by Gasteiger charge is 1.82. The van der Waals surface area contributed by atoms with Gasteiger partial charge in [-0.1, -0.05) is 6.07 Å². The molecular formula is C6H7NP. The molecule has 0 bridgehead atoms. The Balaban J connectivity index is 2.83. The van der Waals surface area contributed by atoms with Crippen LogP contribution in [0.25, 0.3) is 0 Å². The van der Waals surface area contributed by atoms with Crippen LogP contribution >= 0.6 is 8.58 Å². The van der Waals surface area contributed by atoms with Gasteiger partial charge in [0.05, 0.1) is 5.44 Å². The van der Waals surface area contributed by atoms with Crippen molar-refractivity contribution < 1.29 is 0 Å². The van der Waals surface area contributed by atoms with Gasteiger partial charge in [0.25, 0.3) is 0 Å². The molecule has 0 fully saturated rings. The van der Waals surface area contributed by atoms with Crippen LogP contribution in [0.2, 0.25) is 0 Å². The van der Waals surface area contributed by atoms with E-state index in [0.717, 1.165) is 5.44 Å². The zero-order valence-corrected chi connectivity index (χ0v) is 5.60. The maximum Gasteiger partial charge on any atom is 0.0675 e. The van der Waals surface area contributed by atoms with E-state index in [4.69, 9.17) is 0 Å². The summed E-state index contributed by atoms with van der Waals surface area (Å²) in [6, 6.07) is 5.94. The summed E-state index contributed by atoms with van der Waals surface area (Å²) in [5.41, 5.74) is 1.13. The van der Waals surface area contributed by atoms with Crippen molar-refractivity contribution >= 4 is 14.0 Å². The molecule has 2 heteroatoms. The lowest BCUT2D eigenvalue weighted by molar-refractivity contribution is 1.39. The molecule has 41 valence electrons. The lowest BCUT2D eigenvalue weighted by Crippen LogP contribution is -1.95. The number of nitrogens with zero attached hydrogens (tertiary/aromatic N) is 1. The summed E-state index contributed by atoms with van der Waals surface area (Å²) in [5, 5.41) is 0. The van der Waals surface area contributed by atoms with Crippen molar-refractivity contribution in [3.8, 4) is 0 Å². The number of pyridine rings is 1. The quantitative estimate of drug-likeness (QED) is 0.514. The monoisotopic (exact) mass is 124 g/mol. The first kappa shape index (κ1) is 5.71. The molecule has 0 N–H and O–H groups in total. The van der Waals surface area contributed by atoms with Gasteiger partial charge in [0, 0.05) is 6.20 Å². The predicted octanol–water partition coefficient (Wildman–Crippen LogP) is 1.28. The summed E-state index contributed by atoms with van der Waals surface area (Å²) in [5.74, 6) is 0. The average Bonchev–Trinajstić information content (AvgIpc) is 1.90. The van der Waals surface area contributed by atoms with Crippen LogP contribution in [0.15, 0.2) is 24.4 Å². The highest BCUT2D eigenvalue weighted by molar-refractivity contribution is 7.45. The highest BCUT2D eigenvalue weighted by Crippen LogP contribution is 1.97. The zero-order valence-electron chi connectivity index (χ0n) is 4.70. The molecule has 0 amide bonds. The molecule has 0 atom stereocenters. The lowest BCUT2D eigenvalue weighted by atomic mass is 10.5. The standard InChI is InChI=1S/C6H7NP/c1-8-6-4-2-3-5-7-6/h2-5H,1H3. The van der Waals surface area contributed by atoms with E-state index in [0.29, 0.717) is 0 Å². The molecule has 1 rings (SSSR count). The minimum Gasteiger partial charge on any atom is -0.256 e. The number of hydrogen-bond donors (Lipinski definition) is 0. The third kappa shape index (κ3) is 1.28. The smallest absolute Gasteiger partial charge is 0.0675 e. The van der Waals surface area contributed by atoms with E-state index < -0.39 is 0 Å². The molecule has 0 aliphatic rings. The van der Waals surface area contributed by atoms with E-state index in [1.807, 2.05) is 24.4 Å². The van der Waals surface area contributed by atoms with Crippen LogP contribution in [0.4, 0.5) is 0 Å². The van der Waals surface area contributed by atoms with Gasteiger partial charge in [-0.05, 0) is 27.4 Å². The topological polar surface area (TPSA) is 12.9 Å². The fraction of sp³-hybridized carbons (Fsp3) is 0.167. The first-order valence-electron chi connectivity index (χ1n) is 2.44. The van der Waals surface area contributed by atoms with Gasteiger partial charge in [0.2, 0.25) is 0 Å². The SMILES string of the molecule is C[P]c1ccccn1. The molecule has 0 aliphatic heterocycles. The molecule has 0 spiro atoms. The lowest BCUT2D eigenvalue weighted by Gasteiger charge is -1.87. The Kier molecular flexibility index (Phi) is 1.99. The van der Waals surface area contributed by atoms with Crippen molar-refractivity contribution in [2.45, 2.75) is 0 Å². The van der Waals surface area contributed by atoms with Crippen molar-refractivity contribution in [3.63, 3.8) is 0 Å². The van der Waals surface area contributed by atoms with Crippen LogP contribution < -0.4 is 5.44 Å². The first-order valence-corrected chi connectivity index (χ1v) is 3.78. The number of rotatable bonds is 1. The third-order valence-corrected chi connectivity index (χ3v) is 1.60. The Bertz CT molecular complexity index is 150. The molecule has 8 heavy (non-hydrogen) atoms. The molecule has 0 unspecified atom stereocenters. The maximum absolute atomic E-state index is 4.08. The molecule has 0 saturated heterocycles. The van der Waals surface area contributed by atoms with E-state index in [1.165, 1.54) is 8.58 Å². The summed E-state index contributed by atoms with van der Waals surface area (Å²) in [4.78, 5) is 4.08. The van der Waals surface area contributed by atoms with Crippen LogP contribution in [-0.2, 0) is 0 Å². The van der Waals surface area contributed by atoms with Crippen molar-refractivity contribution in [3.05, 3.63) is 24.4 Å². The molecule has 1 heterocycles. The Hall–Kier alpha value is -0.420. The Morgan fingerprint density at radius 1 is 1.50 bits per heavy atom. The van der Waals surface area contributed by atoms with Gasteiger partial charge in [-0.3, -0.25) is 4.98 Å². The van der Waals surface area contributed by atoms with Gasteiger partial charge < -0.3 is 0 Å². The second-order valence-electron chi connectivity index (χ2n) is 1.41. The Morgan fingerprint density at radius 3 is 2.75 bits per heavy atom. The molecule has 0 aliphatic carbocycles. The van der Waals surface area contributed by atoms with E-state index in [-0.39, 0.29) is 0 Å². The van der Waals surface area contributed by atoms with Gasteiger partial charge >= 0.3 is 0 Å². The highest BCUT2D eigenvalue weighted by atomic mass is 31.1. The van der Waals surface area contributed by atoms with Crippen LogP contribution in [0.5, 0.6) is 0 Å². The van der Waals surface area contributed by atoms with E-state index >= 15 is 0 Å². The average molecular weight is 124 g/mol. The second kappa shape index (κ2) is 2.78. The molecule has 1 radical (unpaired) electrons. The molecule has 1 nitrogen and oxygen atoms in total. The predicted molar refractivity (Wildman–Crippen MR) is 36.7 cm³/mol. The molecule has 1 aromatic rings. The molecule has 1 aromatic heterocycles. The number of hydrogen-bond acceptors (Lipinski definition) is 1. The van der Waals surface area contributed by atoms with Crippen molar-refractivity contribution in [2.75, 3.05) is 6.66 Å². The van der Waals surface area contributed by atoms with E-state index in [9.17, 15) is 0 Å². The van der Waals surface area contributed by atoms with Crippen LogP contribution in [-0.4, -0.2) is 11.6 Å². The fourth-order valence-electron chi connectivity index (χ4n) is 0.486. The summed E-state index contributed by atoms with van der Waals surface area (Å²) in [6.45, 7) is 2.07. The van der Waals surface area contributed by atoms with Crippen LogP contribution in [0.1, 0.15) is 0 Å². The summed E-state index contributed by atoms with van der Waals surface area (Å²) >= 11 is 0. The normalized spacial score (nSPS) is 10.6. The van der Waals surface area contributed by atoms with Crippen molar-refractivity contribution in [1.82, 2.24) is 4.98 Å². The molecular weight excluding hydrogens is 117 g/mol. The fourth-order valence-corrected chi connectivity index (χ4v) is 0.903. The van der Waals surface area contributed by atoms with Gasteiger partial charge in [-0.25, -0.2) is 0 Å². The van der Waals surface area contributed by atoms with E-state index in [2.05, 4.69) is 11.6 Å². The zero-order chi connectivity index (χ0) is 5.82. The largest absolute Gasteiger partial charge is 0.256 e. The number of aromatic nitrogens is 1. The minimum atomic E-state index is 1.13. The summed E-state index contributed by atoms with van der Waals surface area (Å²) < 4.78 is 0. The van der Waals surface area contributed by atoms with Gasteiger partial charge in [-0.2, -0.15) is 0 Å².